The number of hydrogen-bond acceptors (Lipinski definition) is 2. The number of aliphatic imine (C=N–C) groups is 1. The third kappa shape index (κ3) is 1.95. The minimum atomic E-state index is -0.0582. The first kappa shape index (κ1) is 10.4. The van der Waals surface area contributed by atoms with Gasteiger partial charge in [0.15, 0.2) is 0 Å². The monoisotopic (exact) mass is 215 g/mol. The molecule has 0 fully saturated rings. The van der Waals surface area contributed by atoms with Crippen LogP contribution in [-0.4, -0.2) is 16.0 Å². The quantitative estimate of drug-likeness (QED) is 0.762. The molecule has 1 N–H and O–H groups in total. The second kappa shape index (κ2) is 4.18. The van der Waals surface area contributed by atoms with E-state index in [4.69, 9.17) is 0 Å². The van der Waals surface area contributed by atoms with Gasteiger partial charge in [0, 0.05) is 19.0 Å². The van der Waals surface area contributed by atoms with Crippen molar-refractivity contribution in [1.82, 2.24) is 9.78 Å². The van der Waals surface area contributed by atoms with E-state index in [1.54, 1.807) is 13.3 Å². The second-order valence-corrected chi connectivity index (χ2v) is 3.61. The molecule has 0 aliphatic heterocycles. The summed E-state index contributed by atoms with van der Waals surface area (Å²) < 4.78 is 1.45. The molecule has 2 rings (SSSR count). The third-order valence-corrected chi connectivity index (χ3v) is 2.37. The lowest BCUT2D eigenvalue weighted by Crippen LogP contribution is -2.14. The maximum absolute atomic E-state index is 11.7. The van der Waals surface area contributed by atoms with Gasteiger partial charge in [0.25, 0.3) is 5.56 Å². The Bertz CT molecular complexity index is 564. The molecule has 0 atom stereocenters. The Labute approximate surface area is 93.2 Å². The Morgan fingerprint density at radius 3 is 2.56 bits per heavy atom. The van der Waals surface area contributed by atoms with Gasteiger partial charge in [0.1, 0.15) is 0 Å². The van der Waals surface area contributed by atoms with Crippen molar-refractivity contribution in [3.05, 3.63) is 51.9 Å². The summed E-state index contributed by atoms with van der Waals surface area (Å²) in [4.78, 5) is 15.9. The van der Waals surface area contributed by atoms with E-state index in [9.17, 15) is 4.79 Å². The van der Waals surface area contributed by atoms with Crippen molar-refractivity contribution in [1.29, 1.82) is 0 Å². The first-order chi connectivity index (χ1) is 7.68. The fraction of sp³-hybridized carbons (Fsp3) is 0.167. The van der Waals surface area contributed by atoms with Crippen molar-refractivity contribution in [2.75, 3.05) is 0 Å². The highest BCUT2D eigenvalue weighted by molar-refractivity contribution is 5.82. The lowest BCUT2D eigenvalue weighted by atomic mass is 10.3. The van der Waals surface area contributed by atoms with Crippen molar-refractivity contribution < 1.29 is 0 Å². The molecule has 0 spiro atoms. The zero-order valence-electron chi connectivity index (χ0n) is 9.27. The smallest absolute Gasteiger partial charge is 0.275 e. The molecule has 4 heteroatoms. The first-order valence-electron chi connectivity index (χ1n) is 5.03. The number of para-hydroxylation sites is 1. The molecule has 16 heavy (non-hydrogen) atoms. The van der Waals surface area contributed by atoms with Crippen LogP contribution in [0.4, 0.5) is 5.69 Å². The second-order valence-electron chi connectivity index (χ2n) is 3.61. The zero-order valence-corrected chi connectivity index (χ0v) is 9.27. The van der Waals surface area contributed by atoms with Crippen molar-refractivity contribution in [3.63, 3.8) is 0 Å². The van der Waals surface area contributed by atoms with Gasteiger partial charge >= 0.3 is 0 Å². The Morgan fingerprint density at radius 1 is 1.31 bits per heavy atom. The predicted octanol–water partition coefficient (Wildman–Crippen LogP) is 1.77. The summed E-state index contributed by atoms with van der Waals surface area (Å²) in [6.07, 6.45) is 1.60. The van der Waals surface area contributed by atoms with Gasteiger partial charge in [-0.25, -0.2) is 0 Å². The van der Waals surface area contributed by atoms with E-state index < -0.39 is 0 Å². The third-order valence-electron chi connectivity index (χ3n) is 2.37. The van der Waals surface area contributed by atoms with E-state index in [0.29, 0.717) is 5.56 Å². The van der Waals surface area contributed by atoms with Crippen LogP contribution < -0.4 is 5.56 Å². The van der Waals surface area contributed by atoms with Crippen molar-refractivity contribution >= 4 is 11.9 Å². The molecule has 0 saturated carbocycles. The maximum Gasteiger partial charge on any atom is 0.275 e. The molecule has 82 valence electrons. The predicted molar refractivity (Wildman–Crippen MR) is 64.5 cm³/mol. The number of aromatic nitrogens is 2. The van der Waals surface area contributed by atoms with Gasteiger partial charge in [0.2, 0.25) is 0 Å². The van der Waals surface area contributed by atoms with Gasteiger partial charge in [-0.2, -0.15) is 0 Å². The van der Waals surface area contributed by atoms with E-state index in [1.807, 2.05) is 37.3 Å². The molecule has 1 aromatic heterocycles. The van der Waals surface area contributed by atoms with E-state index in [0.717, 1.165) is 11.4 Å². The number of nitrogens with zero attached hydrogens (tertiary/aromatic N) is 2. The molecular formula is C12H13N3O. The number of nitrogens with one attached hydrogen (secondary N) is 1. The Hall–Kier alpha value is -2.10. The van der Waals surface area contributed by atoms with Crippen LogP contribution in [0.3, 0.4) is 0 Å². The molecular weight excluding hydrogens is 202 g/mol. The Kier molecular flexibility index (Phi) is 2.72. The van der Waals surface area contributed by atoms with E-state index in [2.05, 4.69) is 10.1 Å². The SMILES string of the molecule is Cc1[nH]n(C)c(=O)c1C=Nc1ccccc1. The van der Waals surface area contributed by atoms with Crippen LogP contribution in [0, 0.1) is 6.92 Å². The minimum absolute atomic E-state index is 0.0582. The number of hydrogen-bond donors (Lipinski definition) is 1. The van der Waals surface area contributed by atoms with Crippen molar-refractivity contribution in [3.8, 4) is 0 Å². The lowest BCUT2D eigenvalue weighted by Gasteiger charge is -1.90. The molecule has 1 heterocycles. The number of aromatic amines is 1. The molecule has 0 aliphatic rings. The average Bonchev–Trinajstić information content (AvgIpc) is 2.53. The molecule has 2 aromatic rings. The fourth-order valence-electron chi connectivity index (χ4n) is 1.51. The summed E-state index contributed by atoms with van der Waals surface area (Å²) in [5.41, 5.74) is 2.21. The van der Waals surface area contributed by atoms with Gasteiger partial charge in [-0.1, -0.05) is 18.2 Å². The molecule has 0 unspecified atom stereocenters. The summed E-state index contributed by atoms with van der Waals surface area (Å²) >= 11 is 0. The average molecular weight is 215 g/mol. The highest BCUT2D eigenvalue weighted by Gasteiger charge is 2.05. The van der Waals surface area contributed by atoms with Crippen LogP contribution in [0.1, 0.15) is 11.3 Å². The molecule has 0 radical (unpaired) electrons. The van der Waals surface area contributed by atoms with Crippen LogP contribution in [-0.2, 0) is 7.05 Å². The van der Waals surface area contributed by atoms with Crippen molar-refractivity contribution in [2.24, 2.45) is 12.0 Å². The molecule has 1 aromatic carbocycles. The van der Waals surface area contributed by atoms with Crippen LogP contribution in [0.25, 0.3) is 0 Å². The highest BCUT2D eigenvalue weighted by Crippen LogP contribution is 2.09. The molecule has 0 aliphatic carbocycles. The number of benzene rings is 1. The summed E-state index contributed by atoms with van der Waals surface area (Å²) in [7, 11) is 1.69. The lowest BCUT2D eigenvalue weighted by molar-refractivity contribution is 0.731. The minimum Gasteiger partial charge on any atom is -0.300 e. The first-order valence-corrected chi connectivity index (χ1v) is 5.03. The van der Waals surface area contributed by atoms with Crippen LogP contribution in [0.2, 0.25) is 0 Å². The summed E-state index contributed by atoms with van der Waals surface area (Å²) in [6.45, 7) is 1.85. The molecule has 4 nitrogen and oxygen atoms in total. The molecule has 0 amide bonds. The van der Waals surface area contributed by atoms with E-state index >= 15 is 0 Å². The summed E-state index contributed by atoms with van der Waals surface area (Å²) in [6, 6.07) is 9.54. The zero-order chi connectivity index (χ0) is 11.5. The van der Waals surface area contributed by atoms with Gasteiger partial charge < -0.3 is 0 Å². The number of rotatable bonds is 2. The van der Waals surface area contributed by atoms with Crippen LogP contribution in [0.5, 0.6) is 0 Å². The van der Waals surface area contributed by atoms with Gasteiger partial charge in [-0.15, -0.1) is 0 Å². The normalized spacial score (nSPS) is 11.1. The van der Waals surface area contributed by atoms with E-state index in [1.165, 1.54) is 4.68 Å². The molecule has 0 saturated heterocycles. The summed E-state index contributed by atoms with van der Waals surface area (Å²) in [5.74, 6) is 0. The maximum atomic E-state index is 11.7. The van der Waals surface area contributed by atoms with Crippen molar-refractivity contribution in [2.45, 2.75) is 6.92 Å². The fourth-order valence-corrected chi connectivity index (χ4v) is 1.51. The largest absolute Gasteiger partial charge is 0.300 e. The van der Waals surface area contributed by atoms with Crippen LogP contribution in [0.15, 0.2) is 40.1 Å². The van der Waals surface area contributed by atoms with Gasteiger partial charge in [-0.3, -0.25) is 19.6 Å². The standard InChI is InChI=1S/C12H13N3O/c1-9-11(12(16)15(2)14-9)8-13-10-6-4-3-5-7-10/h3-8,14H,1-2H3. The number of aryl methyl sites for hydroxylation is 2. The van der Waals surface area contributed by atoms with E-state index in [-0.39, 0.29) is 5.56 Å². The Morgan fingerprint density at radius 2 is 2.00 bits per heavy atom. The topological polar surface area (TPSA) is 50.1 Å². The highest BCUT2D eigenvalue weighted by atomic mass is 16.1. The van der Waals surface area contributed by atoms with Gasteiger partial charge in [0.05, 0.1) is 11.3 Å². The molecule has 0 bridgehead atoms. The van der Waals surface area contributed by atoms with Crippen LogP contribution >= 0.6 is 0 Å². The Balaban J connectivity index is 2.35. The summed E-state index contributed by atoms with van der Waals surface area (Å²) in [5, 5.41) is 2.92. The van der Waals surface area contributed by atoms with Gasteiger partial charge in [-0.05, 0) is 19.1 Å². The number of H-pyrrole nitrogens is 1.